The quantitative estimate of drug-likeness (QED) is 0.819. The van der Waals surface area contributed by atoms with Gasteiger partial charge in [-0.2, -0.15) is 11.8 Å². The summed E-state index contributed by atoms with van der Waals surface area (Å²) in [6.45, 7) is 0.963. The fraction of sp³-hybridized carbons (Fsp3) is 0.500. The molecule has 1 amide bonds. The predicted molar refractivity (Wildman–Crippen MR) is 79.8 cm³/mol. The molecular formula is C10H12Br2N4OS. The molecule has 0 aliphatic carbocycles. The summed E-state index contributed by atoms with van der Waals surface area (Å²) in [6.07, 6.45) is 2.01. The summed E-state index contributed by atoms with van der Waals surface area (Å²) < 4.78 is 1.15. The maximum atomic E-state index is 11.9. The van der Waals surface area contributed by atoms with Crippen LogP contribution in [0.15, 0.2) is 15.4 Å². The third-order valence-corrected chi connectivity index (χ3v) is 4.45. The number of hydrogen-bond donors (Lipinski definition) is 2. The largest absolute Gasteiger partial charge is 0.312 e. The van der Waals surface area contributed by atoms with Crippen LogP contribution >= 0.6 is 43.6 Å². The first-order valence-electron chi connectivity index (χ1n) is 5.44. The van der Waals surface area contributed by atoms with Gasteiger partial charge in [-0.15, -0.1) is 0 Å². The molecule has 2 N–H and O–H groups in total. The van der Waals surface area contributed by atoms with E-state index < -0.39 is 0 Å². The molecule has 1 fully saturated rings. The van der Waals surface area contributed by atoms with E-state index in [2.05, 4.69) is 52.5 Å². The molecule has 0 saturated carbocycles. The van der Waals surface area contributed by atoms with Crippen LogP contribution in [0.25, 0.3) is 0 Å². The second-order valence-corrected chi connectivity index (χ2v) is 6.52. The van der Waals surface area contributed by atoms with Gasteiger partial charge in [0, 0.05) is 30.5 Å². The monoisotopic (exact) mass is 394 g/mol. The van der Waals surface area contributed by atoms with Gasteiger partial charge in [-0.3, -0.25) is 4.79 Å². The van der Waals surface area contributed by atoms with Gasteiger partial charge in [-0.25, -0.2) is 9.97 Å². The van der Waals surface area contributed by atoms with Crippen molar-refractivity contribution in [1.82, 2.24) is 15.3 Å². The first kappa shape index (κ1) is 14.2. The average molecular weight is 396 g/mol. The fourth-order valence-electron chi connectivity index (χ4n) is 1.59. The molecule has 1 aromatic heterocycles. The number of carbonyl (C=O) groups is 1. The number of anilines is 1. The van der Waals surface area contributed by atoms with E-state index >= 15 is 0 Å². The van der Waals surface area contributed by atoms with Crippen LogP contribution in [0.5, 0.6) is 0 Å². The Morgan fingerprint density at radius 2 is 2.44 bits per heavy atom. The van der Waals surface area contributed by atoms with Crippen LogP contribution in [0.4, 0.5) is 5.82 Å². The lowest BCUT2D eigenvalue weighted by atomic mass is 10.2. The van der Waals surface area contributed by atoms with Crippen molar-refractivity contribution in [3.8, 4) is 0 Å². The van der Waals surface area contributed by atoms with Crippen LogP contribution in [0, 0.1) is 0 Å². The Morgan fingerprint density at radius 1 is 1.61 bits per heavy atom. The molecule has 2 heterocycles. The molecule has 1 atom stereocenters. The smallest absolute Gasteiger partial charge is 0.227 e. The van der Waals surface area contributed by atoms with Crippen LogP contribution in [-0.2, 0) is 4.79 Å². The molecular weight excluding hydrogens is 384 g/mol. The molecule has 1 aromatic rings. The third kappa shape index (κ3) is 4.18. The van der Waals surface area contributed by atoms with Crippen LogP contribution < -0.4 is 10.6 Å². The summed E-state index contributed by atoms with van der Waals surface area (Å²) in [4.78, 5) is 20.1. The van der Waals surface area contributed by atoms with Crippen molar-refractivity contribution in [2.24, 2.45) is 0 Å². The van der Waals surface area contributed by atoms with Gasteiger partial charge in [0.05, 0.1) is 6.20 Å². The number of amides is 1. The lowest BCUT2D eigenvalue weighted by molar-refractivity contribution is -0.116. The molecule has 0 spiro atoms. The van der Waals surface area contributed by atoms with Crippen molar-refractivity contribution in [2.75, 3.05) is 23.4 Å². The summed E-state index contributed by atoms with van der Waals surface area (Å²) in [5.41, 5.74) is 0. The minimum atomic E-state index is -0.0488. The van der Waals surface area contributed by atoms with Gasteiger partial charge >= 0.3 is 0 Å². The van der Waals surface area contributed by atoms with Gasteiger partial charge in [0.15, 0.2) is 5.82 Å². The van der Waals surface area contributed by atoms with Crippen LogP contribution in [-0.4, -0.2) is 40.0 Å². The Bertz CT molecular complexity index is 440. The van der Waals surface area contributed by atoms with E-state index in [0.717, 1.165) is 18.1 Å². The van der Waals surface area contributed by atoms with Crippen LogP contribution in [0.3, 0.4) is 0 Å². The Balaban J connectivity index is 1.90. The molecule has 5 nitrogen and oxygen atoms in total. The molecule has 0 aromatic carbocycles. The number of rotatable bonds is 3. The third-order valence-electron chi connectivity index (χ3n) is 2.39. The number of hydrogen-bond acceptors (Lipinski definition) is 5. The van der Waals surface area contributed by atoms with E-state index in [1.54, 1.807) is 6.20 Å². The number of nitrogens with one attached hydrogen (secondary N) is 2. The highest BCUT2D eigenvalue weighted by Crippen LogP contribution is 2.20. The van der Waals surface area contributed by atoms with Crippen LogP contribution in [0.1, 0.15) is 6.42 Å². The van der Waals surface area contributed by atoms with Crippen molar-refractivity contribution < 1.29 is 4.79 Å². The highest BCUT2D eigenvalue weighted by Gasteiger charge is 2.17. The molecule has 1 unspecified atom stereocenters. The molecule has 18 heavy (non-hydrogen) atoms. The summed E-state index contributed by atoms with van der Waals surface area (Å²) in [7, 11) is 0. The van der Waals surface area contributed by atoms with E-state index in [1.807, 2.05) is 11.8 Å². The summed E-state index contributed by atoms with van der Waals surface area (Å²) in [5.74, 6) is 2.49. The Kier molecular flexibility index (Phi) is 5.40. The maximum Gasteiger partial charge on any atom is 0.227 e. The number of carbonyl (C=O) groups excluding carboxylic acids is 1. The second kappa shape index (κ2) is 6.83. The average Bonchev–Trinajstić information content (AvgIpc) is 2.34. The molecule has 1 saturated heterocycles. The van der Waals surface area contributed by atoms with Gasteiger partial charge in [-0.05, 0) is 31.9 Å². The Labute approximate surface area is 126 Å². The zero-order valence-electron chi connectivity index (χ0n) is 9.45. The zero-order chi connectivity index (χ0) is 13.0. The first-order chi connectivity index (χ1) is 8.65. The molecule has 8 heteroatoms. The predicted octanol–water partition coefficient (Wildman–Crippen LogP) is 2.04. The van der Waals surface area contributed by atoms with Crippen molar-refractivity contribution in [1.29, 1.82) is 0 Å². The van der Waals surface area contributed by atoms with E-state index in [-0.39, 0.29) is 11.9 Å². The number of thioether (sulfide) groups is 1. The van der Waals surface area contributed by atoms with E-state index in [0.29, 0.717) is 21.4 Å². The highest BCUT2D eigenvalue weighted by atomic mass is 79.9. The standard InChI is InChI=1S/C10H12Br2N4OS/c11-7-4-14-10(9(12)15-7)16-8(17)3-6-5-18-2-1-13-6/h4,6,13H,1-3,5H2,(H,14,16,17). The maximum absolute atomic E-state index is 11.9. The van der Waals surface area contributed by atoms with Gasteiger partial charge < -0.3 is 10.6 Å². The zero-order valence-corrected chi connectivity index (χ0v) is 13.4. The molecule has 2 rings (SSSR count). The minimum absolute atomic E-state index is 0.0488. The van der Waals surface area contributed by atoms with Crippen molar-refractivity contribution in [3.05, 3.63) is 15.4 Å². The molecule has 0 radical (unpaired) electrons. The normalized spacial score (nSPS) is 19.6. The fourth-order valence-corrected chi connectivity index (χ4v) is 3.45. The molecule has 98 valence electrons. The number of nitrogens with zero attached hydrogens (tertiary/aromatic N) is 2. The van der Waals surface area contributed by atoms with Gasteiger partial charge in [0.25, 0.3) is 0 Å². The van der Waals surface area contributed by atoms with Crippen molar-refractivity contribution in [2.45, 2.75) is 12.5 Å². The van der Waals surface area contributed by atoms with Crippen molar-refractivity contribution in [3.63, 3.8) is 0 Å². The van der Waals surface area contributed by atoms with E-state index in [9.17, 15) is 4.79 Å². The summed E-state index contributed by atoms with van der Waals surface area (Å²) in [5, 5.41) is 6.08. The van der Waals surface area contributed by atoms with E-state index in [1.165, 1.54) is 0 Å². The Hall–Kier alpha value is -0.180. The number of halogens is 2. The van der Waals surface area contributed by atoms with Gasteiger partial charge in [-0.1, -0.05) is 0 Å². The SMILES string of the molecule is O=C(CC1CSCCN1)Nc1ncc(Br)nc1Br. The Morgan fingerprint density at radius 3 is 3.11 bits per heavy atom. The second-order valence-electron chi connectivity index (χ2n) is 3.81. The minimum Gasteiger partial charge on any atom is -0.312 e. The van der Waals surface area contributed by atoms with Gasteiger partial charge in [0.1, 0.15) is 9.21 Å². The van der Waals surface area contributed by atoms with Gasteiger partial charge in [0.2, 0.25) is 5.91 Å². The molecule has 1 aliphatic rings. The summed E-state index contributed by atoms with van der Waals surface area (Å²) in [6, 6.07) is 0.242. The first-order valence-corrected chi connectivity index (χ1v) is 8.18. The van der Waals surface area contributed by atoms with Crippen LogP contribution in [0.2, 0.25) is 0 Å². The number of aromatic nitrogens is 2. The molecule has 1 aliphatic heterocycles. The molecule has 0 bridgehead atoms. The highest BCUT2D eigenvalue weighted by molar-refractivity contribution is 9.11. The summed E-state index contributed by atoms with van der Waals surface area (Å²) >= 11 is 8.35. The lowest BCUT2D eigenvalue weighted by Crippen LogP contribution is -2.40. The lowest BCUT2D eigenvalue weighted by Gasteiger charge is -2.22. The van der Waals surface area contributed by atoms with Crippen molar-refractivity contribution >= 4 is 55.3 Å². The topological polar surface area (TPSA) is 66.9 Å². The van der Waals surface area contributed by atoms with E-state index in [4.69, 9.17) is 0 Å².